The number of amides is 6. The Labute approximate surface area is 414 Å². The first-order valence-electron chi connectivity index (χ1n) is 23.2. The number of likely N-dealkylation sites (N-methyl/N-ethyl adjacent to an activating group) is 1. The number of carboxylic acids is 1. The molecule has 19 heteroatoms. The number of hydrogen-bond donors (Lipinski definition) is 7. The van der Waals surface area contributed by atoms with Crippen molar-refractivity contribution in [3.63, 3.8) is 0 Å². The lowest BCUT2D eigenvalue weighted by atomic mass is 9.75. The van der Waals surface area contributed by atoms with E-state index in [9.17, 15) is 48.3 Å². The molecule has 0 heterocycles. The number of thiol groups is 1. The van der Waals surface area contributed by atoms with Gasteiger partial charge in [-0.3, -0.25) is 28.8 Å². The zero-order chi connectivity index (χ0) is 51.4. The van der Waals surface area contributed by atoms with Crippen LogP contribution in [0.5, 0.6) is 0 Å². The van der Waals surface area contributed by atoms with Crippen molar-refractivity contribution in [3.05, 3.63) is 75.6 Å². The molecule has 0 bridgehead atoms. The monoisotopic (exact) mass is 992 g/mol. The molecule has 3 rings (SSSR count). The Hall–Kier alpha value is -5.95. The standard InChI is InChI=1S/C50H68N6O11S2/c1-9-32(6)50(7,35-15-13-11-10-12-14-16-35)69-41(21-22-57)47(64)54-38-24-34(23-37(25-38)53-46(63)40(68)26-43(60)61)45(62)55-44(31(4)5)48(65)51-27-42(59)52-36-19-17-33(18-20-36)29-67-49(66)56(8)39(28-58)30(2)3/h17-26,28,30-32,35,39,44,68H,9-16,27,29H2,1-8H3,(H,51,65)(H,52,59)(H,53,63)(H,54,64)(H,55,62)(H,60,61)/b40-26+,41-21+. The number of allylic oxidation sites excluding steroid dienone is 1. The van der Waals surface area contributed by atoms with E-state index >= 15 is 0 Å². The first kappa shape index (κ1) is 57.4. The molecule has 1 aliphatic carbocycles. The molecule has 376 valence electrons. The van der Waals surface area contributed by atoms with Gasteiger partial charge in [0.05, 0.1) is 22.4 Å². The molecule has 4 atom stereocenters. The van der Waals surface area contributed by atoms with Crippen molar-refractivity contribution in [2.45, 2.75) is 123 Å². The summed E-state index contributed by atoms with van der Waals surface area (Å²) in [6, 6.07) is 8.58. The summed E-state index contributed by atoms with van der Waals surface area (Å²) in [6.07, 6.45) is 10.9. The van der Waals surface area contributed by atoms with Gasteiger partial charge in [-0.05, 0) is 85.4 Å². The van der Waals surface area contributed by atoms with Gasteiger partial charge in [0.1, 0.15) is 25.2 Å². The number of nitrogens with one attached hydrogen (secondary N) is 5. The van der Waals surface area contributed by atoms with Gasteiger partial charge in [0, 0.05) is 40.5 Å². The Morgan fingerprint density at radius 2 is 1.45 bits per heavy atom. The van der Waals surface area contributed by atoms with Crippen LogP contribution in [0, 0.1) is 23.7 Å². The highest BCUT2D eigenvalue weighted by Crippen LogP contribution is 2.49. The quantitative estimate of drug-likeness (QED) is 0.0321. The van der Waals surface area contributed by atoms with E-state index < -0.39 is 75.8 Å². The fourth-order valence-electron chi connectivity index (χ4n) is 7.94. The summed E-state index contributed by atoms with van der Waals surface area (Å²) in [6.45, 7) is 12.9. The molecule has 6 N–H and O–H groups in total. The van der Waals surface area contributed by atoms with E-state index in [0.717, 1.165) is 44.9 Å². The number of thioether (sulfide) groups is 1. The van der Waals surface area contributed by atoms with E-state index in [1.807, 2.05) is 13.8 Å². The van der Waals surface area contributed by atoms with Crippen molar-refractivity contribution < 1.29 is 53.0 Å². The normalized spacial score (nSPS) is 15.8. The number of carboxylic acid groups (broad SMARTS) is 1. The first-order chi connectivity index (χ1) is 32.6. The Morgan fingerprint density at radius 3 is 1.99 bits per heavy atom. The largest absolute Gasteiger partial charge is 0.478 e. The van der Waals surface area contributed by atoms with Gasteiger partial charge >= 0.3 is 12.1 Å². The second kappa shape index (κ2) is 27.9. The predicted octanol–water partition coefficient (Wildman–Crippen LogP) is 7.74. The highest BCUT2D eigenvalue weighted by Gasteiger charge is 2.41. The van der Waals surface area contributed by atoms with Crippen LogP contribution in [-0.2, 0) is 44.9 Å². The number of anilines is 3. The zero-order valence-electron chi connectivity index (χ0n) is 40.7. The number of aliphatic carboxylic acids is 1. The molecular formula is C50H68N6O11S2. The van der Waals surface area contributed by atoms with Crippen LogP contribution in [-0.4, -0.2) is 94.6 Å². The number of hydrogen-bond acceptors (Lipinski definition) is 12. The molecule has 1 aliphatic rings. The average Bonchev–Trinajstić information content (AvgIpc) is 3.28. The summed E-state index contributed by atoms with van der Waals surface area (Å²) >= 11 is 5.34. The third-order valence-electron chi connectivity index (χ3n) is 12.3. The third kappa shape index (κ3) is 17.8. The van der Waals surface area contributed by atoms with Crippen LogP contribution in [0.1, 0.15) is 116 Å². The zero-order valence-corrected chi connectivity index (χ0v) is 42.4. The van der Waals surface area contributed by atoms with Gasteiger partial charge in [0.15, 0.2) is 0 Å². The number of carbonyl (C=O) groups is 9. The summed E-state index contributed by atoms with van der Waals surface area (Å²) in [7, 11) is 1.48. The third-order valence-corrected chi connectivity index (χ3v) is 14.3. The fraction of sp³-hybridized carbons (Fsp3) is 0.500. The van der Waals surface area contributed by atoms with E-state index in [4.69, 9.17) is 4.74 Å². The smallest absolute Gasteiger partial charge is 0.410 e. The fourth-order valence-corrected chi connectivity index (χ4v) is 9.62. The van der Waals surface area contributed by atoms with Gasteiger partial charge in [-0.1, -0.05) is 92.2 Å². The summed E-state index contributed by atoms with van der Waals surface area (Å²) in [4.78, 5) is 116. The van der Waals surface area contributed by atoms with Gasteiger partial charge < -0.3 is 46.1 Å². The Bertz CT molecular complexity index is 2220. The molecule has 1 fully saturated rings. The molecule has 0 spiro atoms. The Balaban J connectivity index is 1.80. The number of aldehydes is 2. The molecule has 0 aromatic heterocycles. The van der Waals surface area contributed by atoms with E-state index in [0.29, 0.717) is 29.9 Å². The lowest BCUT2D eigenvalue weighted by Crippen LogP contribution is -2.51. The van der Waals surface area contributed by atoms with Crippen LogP contribution in [0.4, 0.5) is 21.9 Å². The predicted molar refractivity (Wildman–Crippen MR) is 271 cm³/mol. The van der Waals surface area contributed by atoms with Crippen molar-refractivity contribution in [1.82, 2.24) is 15.5 Å². The minimum atomic E-state index is -1.42. The lowest BCUT2D eigenvalue weighted by Gasteiger charge is -2.43. The van der Waals surface area contributed by atoms with Crippen LogP contribution in [0.15, 0.2) is 64.4 Å². The number of nitrogens with zero attached hydrogens (tertiary/aromatic N) is 1. The molecular weight excluding hydrogens is 925 g/mol. The molecule has 6 amide bonds. The van der Waals surface area contributed by atoms with E-state index in [-0.39, 0.29) is 46.2 Å². The van der Waals surface area contributed by atoms with Gasteiger partial charge in [-0.15, -0.1) is 24.4 Å². The summed E-state index contributed by atoms with van der Waals surface area (Å²) in [5.74, 6) is -5.15. The van der Waals surface area contributed by atoms with Gasteiger partial charge in [0.2, 0.25) is 11.8 Å². The van der Waals surface area contributed by atoms with E-state index in [1.54, 1.807) is 38.1 Å². The molecule has 4 unspecified atom stereocenters. The van der Waals surface area contributed by atoms with Crippen molar-refractivity contribution in [2.75, 3.05) is 29.5 Å². The number of ether oxygens (including phenoxy) is 1. The first-order valence-corrected chi connectivity index (χ1v) is 24.5. The van der Waals surface area contributed by atoms with Crippen molar-refractivity contribution >= 4 is 95.6 Å². The number of rotatable bonds is 23. The molecule has 2 aromatic carbocycles. The molecule has 1 saturated carbocycles. The minimum absolute atomic E-state index is 0.0286. The van der Waals surface area contributed by atoms with Gasteiger partial charge in [0.25, 0.3) is 17.7 Å². The van der Waals surface area contributed by atoms with Crippen molar-refractivity contribution in [1.29, 1.82) is 0 Å². The molecule has 17 nitrogen and oxygen atoms in total. The Morgan fingerprint density at radius 1 is 0.855 bits per heavy atom. The van der Waals surface area contributed by atoms with Crippen LogP contribution in [0.2, 0.25) is 0 Å². The Kier molecular flexibility index (Phi) is 23.2. The maximum Gasteiger partial charge on any atom is 0.410 e. The second-order valence-corrected chi connectivity index (χ2v) is 20.1. The highest BCUT2D eigenvalue weighted by molar-refractivity contribution is 8.05. The minimum Gasteiger partial charge on any atom is -0.478 e. The summed E-state index contributed by atoms with van der Waals surface area (Å²) < 4.78 is 4.93. The molecule has 0 saturated heterocycles. The van der Waals surface area contributed by atoms with Gasteiger partial charge in [-0.2, -0.15) is 0 Å². The van der Waals surface area contributed by atoms with Crippen LogP contribution in [0.3, 0.4) is 0 Å². The van der Waals surface area contributed by atoms with E-state index in [2.05, 4.69) is 60.0 Å². The maximum absolute atomic E-state index is 14.1. The van der Waals surface area contributed by atoms with E-state index in [1.165, 1.54) is 54.4 Å². The molecule has 0 radical (unpaired) electrons. The van der Waals surface area contributed by atoms with Gasteiger partial charge in [-0.25, -0.2) is 9.59 Å². The number of benzene rings is 2. The van der Waals surface area contributed by atoms with Crippen molar-refractivity contribution in [2.24, 2.45) is 23.7 Å². The molecule has 0 aliphatic heterocycles. The lowest BCUT2D eigenvalue weighted by molar-refractivity contribution is -0.131. The van der Waals surface area contributed by atoms with Crippen LogP contribution < -0.4 is 26.6 Å². The van der Waals surface area contributed by atoms with Crippen LogP contribution >= 0.6 is 24.4 Å². The van der Waals surface area contributed by atoms with Crippen molar-refractivity contribution in [3.8, 4) is 0 Å². The summed E-state index contributed by atoms with van der Waals surface area (Å²) in [5.41, 5.74) is 0.909. The maximum atomic E-state index is 14.1. The SMILES string of the molecule is CCC(C)C(C)(S/C(=C/C=O)C(=O)Nc1cc(NC(=O)/C(S)=C\C(=O)O)cc(C(=O)NC(C(=O)NCC(=O)Nc2ccc(COC(=O)N(C)C(C=O)C(C)C)cc2)C(C)C)c1)C1CCCCCCC1. The molecule has 69 heavy (non-hydrogen) atoms. The second-order valence-electron chi connectivity index (χ2n) is 18.1. The summed E-state index contributed by atoms with van der Waals surface area (Å²) in [5, 5.41) is 22.3. The molecule has 2 aromatic rings. The van der Waals surface area contributed by atoms with Crippen LogP contribution in [0.25, 0.3) is 0 Å². The average molecular weight is 993 g/mol. The highest BCUT2D eigenvalue weighted by atomic mass is 32.2. The topological polar surface area (TPSA) is 246 Å². The number of carbonyl (C=O) groups excluding carboxylic acids is 8.